The first kappa shape index (κ1) is 20.5. The molecule has 2 heterocycles. The molecule has 156 valence electrons. The Labute approximate surface area is 179 Å². The lowest BCUT2D eigenvalue weighted by Gasteiger charge is -2.07. The second-order valence-corrected chi connectivity index (χ2v) is 9.18. The molecule has 4 aromatic rings. The van der Waals surface area contributed by atoms with Gasteiger partial charge in [0, 0.05) is 23.5 Å². The standard InChI is InChI=1S/C19H17BrN4O5S/c1-2-18-22-17(23-29-18)11-24-15-7-6-14(9-16(15)28-19(24)25)30(26,27)21-10-12-4-3-5-13(20)8-12/h3-9,21H,2,10-11H2,1H3. The Morgan fingerprint density at radius 1 is 1.20 bits per heavy atom. The monoisotopic (exact) mass is 492 g/mol. The van der Waals surface area contributed by atoms with E-state index in [2.05, 4.69) is 30.8 Å². The van der Waals surface area contributed by atoms with E-state index in [0.717, 1.165) is 10.0 Å². The Balaban J connectivity index is 1.59. The van der Waals surface area contributed by atoms with Crippen LogP contribution in [0.5, 0.6) is 0 Å². The topological polar surface area (TPSA) is 120 Å². The van der Waals surface area contributed by atoms with E-state index in [4.69, 9.17) is 8.94 Å². The quantitative estimate of drug-likeness (QED) is 0.420. The van der Waals surface area contributed by atoms with Gasteiger partial charge >= 0.3 is 5.76 Å². The van der Waals surface area contributed by atoms with E-state index in [9.17, 15) is 13.2 Å². The predicted molar refractivity (Wildman–Crippen MR) is 111 cm³/mol. The highest BCUT2D eigenvalue weighted by atomic mass is 79.9. The fourth-order valence-electron chi connectivity index (χ4n) is 2.91. The Kier molecular flexibility index (Phi) is 5.58. The molecule has 0 radical (unpaired) electrons. The lowest BCUT2D eigenvalue weighted by molar-refractivity contribution is 0.375. The summed E-state index contributed by atoms with van der Waals surface area (Å²) in [5.41, 5.74) is 1.40. The van der Waals surface area contributed by atoms with E-state index < -0.39 is 15.8 Å². The molecule has 0 aliphatic carbocycles. The van der Waals surface area contributed by atoms with Crippen LogP contribution in [0.4, 0.5) is 0 Å². The van der Waals surface area contributed by atoms with Crippen molar-refractivity contribution in [3.05, 3.63) is 74.8 Å². The summed E-state index contributed by atoms with van der Waals surface area (Å²) in [7, 11) is -3.80. The van der Waals surface area contributed by atoms with Crippen LogP contribution < -0.4 is 10.5 Å². The van der Waals surface area contributed by atoms with Crippen molar-refractivity contribution in [2.75, 3.05) is 0 Å². The Hall–Kier alpha value is -2.76. The molecular formula is C19H17BrN4O5S. The SMILES string of the molecule is CCc1nc(Cn2c(=O)oc3cc(S(=O)(=O)NCc4cccc(Br)c4)ccc32)no1. The predicted octanol–water partition coefficient (Wildman–Crippen LogP) is 2.83. The molecule has 0 fully saturated rings. The number of fused-ring (bicyclic) bond motifs is 1. The zero-order valence-electron chi connectivity index (χ0n) is 15.8. The summed E-state index contributed by atoms with van der Waals surface area (Å²) in [4.78, 5) is 16.4. The minimum absolute atomic E-state index is 0.00118. The largest absolute Gasteiger partial charge is 0.420 e. The maximum absolute atomic E-state index is 12.7. The molecule has 2 aromatic carbocycles. The molecule has 1 N–H and O–H groups in total. The van der Waals surface area contributed by atoms with Gasteiger partial charge in [-0.2, -0.15) is 4.98 Å². The summed E-state index contributed by atoms with van der Waals surface area (Å²) in [5.74, 6) is 0.171. The minimum Gasteiger partial charge on any atom is -0.408 e. The zero-order valence-corrected chi connectivity index (χ0v) is 18.2. The van der Waals surface area contributed by atoms with Crippen molar-refractivity contribution in [3.8, 4) is 0 Å². The normalized spacial score (nSPS) is 11.9. The molecular weight excluding hydrogens is 476 g/mol. The van der Waals surface area contributed by atoms with Gasteiger partial charge in [0.05, 0.1) is 17.0 Å². The number of aromatic nitrogens is 3. The summed E-state index contributed by atoms with van der Waals surface area (Å²) in [6.07, 6.45) is 0.586. The third-order valence-electron chi connectivity index (χ3n) is 4.42. The van der Waals surface area contributed by atoms with Crippen molar-refractivity contribution in [2.45, 2.75) is 31.3 Å². The summed E-state index contributed by atoms with van der Waals surface area (Å²) >= 11 is 3.36. The lowest BCUT2D eigenvalue weighted by atomic mass is 10.2. The smallest absolute Gasteiger partial charge is 0.408 e. The van der Waals surface area contributed by atoms with Crippen LogP contribution in [-0.4, -0.2) is 23.1 Å². The van der Waals surface area contributed by atoms with Crippen LogP contribution in [0.15, 0.2) is 65.6 Å². The summed E-state index contributed by atoms with van der Waals surface area (Å²) in [5, 5.41) is 3.83. The molecule has 0 atom stereocenters. The van der Waals surface area contributed by atoms with E-state index in [1.54, 1.807) is 0 Å². The van der Waals surface area contributed by atoms with Crippen LogP contribution in [0.2, 0.25) is 0 Å². The van der Waals surface area contributed by atoms with Gasteiger partial charge in [-0.15, -0.1) is 0 Å². The van der Waals surface area contributed by atoms with Crippen LogP contribution in [0, 0.1) is 0 Å². The van der Waals surface area contributed by atoms with Crippen LogP contribution in [-0.2, 0) is 29.5 Å². The summed E-state index contributed by atoms with van der Waals surface area (Å²) < 4.78 is 40.4. The first-order chi connectivity index (χ1) is 14.4. The maximum atomic E-state index is 12.7. The molecule has 0 unspecified atom stereocenters. The molecule has 0 saturated heterocycles. The number of nitrogens with one attached hydrogen (secondary N) is 1. The molecule has 0 spiro atoms. The van der Waals surface area contributed by atoms with Crippen molar-refractivity contribution in [2.24, 2.45) is 0 Å². The maximum Gasteiger partial charge on any atom is 0.420 e. The molecule has 11 heteroatoms. The van der Waals surface area contributed by atoms with Crippen molar-refractivity contribution >= 4 is 37.1 Å². The summed E-state index contributed by atoms with van der Waals surface area (Å²) in [6.45, 7) is 2.06. The first-order valence-corrected chi connectivity index (χ1v) is 11.3. The number of rotatable bonds is 7. The third-order valence-corrected chi connectivity index (χ3v) is 6.31. The molecule has 30 heavy (non-hydrogen) atoms. The van der Waals surface area contributed by atoms with Gasteiger partial charge in [-0.25, -0.2) is 17.9 Å². The van der Waals surface area contributed by atoms with Gasteiger partial charge in [0.1, 0.15) is 0 Å². The van der Waals surface area contributed by atoms with Gasteiger partial charge in [-0.3, -0.25) is 4.57 Å². The zero-order chi connectivity index (χ0) is 21.3. The second-order valence-electron chi connectivity index (χ2n) is 6.50. The molecule has 9 nitrogen and oxygen atoms in total. The second kappa shape index (κ2) is 8.17. The molecule has 4 rings (SSSR count). The van der Waals surface area contributed by atoms with Crippen molar-refractivity contribution in [3.63, 3.8) is 0 Å². The van der Waals surface area contributed by atoms with Crippen molar-refractivity contribution in [1.82, 2.24) is 19.4 Å². The van der Waals surface area contributed by atoms with Crippen LogP contribution in [0.25, 0.3) is 11.1 Å². The molecule has 2 aromatic heterocycles. The van der Waals surface area contributed by atoms with Gasteiger partial charge in [-0.05, 0) is 29.8 Å². The van der Waals surface area contributed by atoms with Gasteiger partial charge in [-0.1, -0.05) is 40.1 Å². The van der Waals surface area contributed by atoms with Crippen molar-refractivity contribution in [1.29, 1.82) is 0 Å². The fourth-order valence-corrected chi connectivity index (χ4v) is 4.39. The number of benzene rings is 2. The van der Waals surface area contributed by atoms with E-state index in [-0.39, 0.29) is 23.6 Å². The average Bonchev–Trinajstić information content (AvgIpc) is 3.30. The number of sulfonamides is 1. The van der Waals surface area contributed by atoms with Gasteiger partial charge < -0.3 is 8.94 Å². The molecule has 0 saturated carbocycles. The number of hydrogen-bond donors (Lipinski definition) is 1. The van der Waals surface area contributed by atoms with Gasteiger partial charge in [0.25, 0.3) is 0 Å². The van der Waals surface area contributed by atoms with Crippen LogP contribution >= 0.6 is 15.9 Å². The number of aryl methyl sites for hydroxylation is 1. The minimum atomic E-state index is -3.80. The van der Waals surface area contributed by atoms with E-state index in [1.165, 1.54) is 22.8 Å². The highest BCUT2D eigenvalue weighted by molar-refractivity contribution is 9.10. The number of hydrogen-bond acceptors (Lipinski definition) is 7. The third kappa shape index (κ3) is 4.23. The fraction of sp³-hybridized carbons (Fsp3) is 0.211. The molecule has 0 amide bonds. The Morgan fingerprint density at radius 3 is 2.77 bits per heavy atom. The molecule has 0 aliphatic rings. The van der Waals surface area contributed by atoms with Crippen molar-refractivity contribution < 1.29 is 17.4 Å². The summed E-state index contributed by atoms with van der Waals surface area (Å²) in [6, 6.07) is 11.6. The Bertz CT molecular complexity index is 1370. The van der Waals surface area contributed by atoms with E-state index in [1.807, 2.05) is 31.2 Å². The molecule has 0 bridgehead atoms. The number of oxazole rings is 1. The van der Waals surface area contributed by atoms with Crippen LogP contribution in [0.3, 0.4) is 0 Å². The van der Waals surface area contributed by atoms with Gasteiger partial charge in [0.15, 0.2) is 11.4 Å². The van der Waals surface area contributed by atoms with E-state index >= 15 is 0 Å². The molecule has 0 aliphatic heterocycles. The van der Waals surface area contributed by atoms with Crippen LogP contribution in [0.1, 0.15) is 24.2 Å². The van der Waals surface area contributed by atoms with Gasteiger partial charge in [0.2, 0.25) is 15.9 Å². The number of nitrogens with zero attached hydrogens (tertiary/aromatic N) is 3. The lowest BCUT2D eigenvalue weighted by Crippen LogP contribution is -2.23. The highest BCUT2D eigenvalue weighted by Gasteiger charge is 2.18. The Morgan fingerprint density at radius 2 is 2.03 bits per heavy atom. The highest BCUT2D eigenvalue weighted by Crippen LogP contribution is 2.20. The number of halogens is 1. The average molecular weight is 493 g/mol. The van der Waals surface area contributed by atoms with E-state index in [0.29, 0.717) is 23.7 Å². The first-order valence-electron chi connectivity index (χ1n) is 9.04.